The summed E-state index contributed by atoms with van der Waals surface area (Å²) in [6.45, 7) is 0. The molecular formula is C11H6ClNO. The van der Waals surface area contributed by atoms with Crippen molar-refractivity contribution in [3.05, 3.63) is 41.6 Å². The van der Waals surface area contributed by atoms with E-state index in [1.54, 1.807) is 0 Å². The summed E-state index contributed by atoms with van der Waals surface area (Å²) in [5, 5.41) is 7.27. The molecule has 0 aliphatic rings. The number of benzene rings is 2. The van der Waals surface area contributed by atoms with Gasteiger partial charge in [-0.1, -0.05) is 41.0 Å². The van der Waals surface area contributed by atoms with Gasteiger partial charge >= 0.3 is 0 Å². The molecule has 3 rings (SSSR count). The Balaban J connectivity index is 2.54. The highest BCUT2D eigenvalue weighted by Crippen LogP contribution is 2.27. The smallest absolute Gasteiger partial charge is 0.180 e. The van der Waals surface area contributed by atoms with Crippen LogP contribution in [0.15, 0.2) is 40.9 Å². The van der Waals surface area contributed by atoms with E-state index in [9.17, 15) is 0 Å². The maximum absolute atomic E-state index is 5.87. The summed E-state index contributed by atoms with van der Waals surface area (Å²) < 4.78 is 5.07. The van der Waals surface area contributed by atoms with Crippen LogP contribution >= 0.6 is 11.6 Å². The predicted octanol–water partition coefficient (Wildman–Crippen LogP) is 3.63. The van der Waals surface area contributed by atoms with Gasteiger partial charge in [-0.2, -0.15) is 0 Å². The van der Waals surface area contributed by atoms with E-state index < -0.39 is 0 Å². The summed E-state index contributed by atoms with van der Waals surface area (Å²) in [5.41, 5.74) is 0.730. The molecule has 0 saturated heterocycles. The first kappa shape index (κ1) is 7.83. The summed E-state index contributed by atoms with van der Waals surface area (Å²) in [6.07, 6.45) is 0. The molecule has 3 aromatic rings. The largest absolute Gasteiger partial charge is 0.355 e. The fraction of sp³-hybridized carbons (Fsp3) is 0. The van der Waals surface area contributed by atoms with Crippen LogP contribution in [0.5, 0.6) is 0 Å². The topological polar surface area (TPSA) is 26.0 Å². The lowest BCUT2D eigenvalue weighted by molar-refractivity contribution is 0.457. The molecule has 0 bridgehead atoms. The van der Waals surface area contributed by atoms with E-state index in [4.69, 9.17) is 16.1 Å². The summed E-state index contributed by atoms with van der Waals surface area (Å²) in [4.78, 5) is 0. The summed E-state index contributed by atoms with van der Waals surface area (Å²) in [5.74, 6) is 0. The second-order valence-electron chi connectivity index (χ2n) is 3.17. The van der Waals surface area contributed by atoms with Gasteiger partial charge in [0.1, 0.15) is 0 Å². The van der Waals surface area contributed by atoms with Crippen molar-refractivity contribution in [2.75, 3.05) is 0 Å². The van der Waals surface area contributed by atoms with Gasteiger partial charge in [0.2, 0.25) is 0 Å². The first-order valence-corrected chi connectivity index (χ1v) is 4.66. The first-order valence-electron chi connectivity index (χ1n) is 4.28. The quantitative estimate of drug-likeness (QED) is 0.558. The predicted molar refractivity (Wildman–Crippen MR) is 56.5 cm³/mol. The van der Waals surface area contributed by atoms with Crippen molar-refractivity contribution < 1.29 is 4.52 Å². The lowest BCUT2D eigenvalue weighted by Crippen LogP contribution is -1.71. The first-order chi connectivity index (χ1) is 6.84. The number of hydrogen-bond donors (Lipinski definition) is 0. The van der Waals surface area contributed by atoms with Crippen molar-refractivity contribution in [3.8, 4) is 0 Å². The van der Waals surface area contributed by atoms with Crippen LogP contribution in [0, 0.1) is 0 Å². The van der Waals surface area contributed by atoms with Crippen LogP contribution in [-0.2, 0) is 0 Å². The summed E-state index contributed by atoms with van der Waals surface area (Å²) in [7, 11) is 0. The van der Waals surface area contributed by atoms with E-state index in [1.165, 1.54) is 0 Å². The second kappa shape index (κ2) is 2.72. The van der Waals surface area contributed by atoms with Crippen LogP contribution in [0.3, 0.4) is 0 Å². The van der Waals surface area contributed by atoms with Crippen LogP contribution in [0.4, 0.5) is 0 Å². The summed E-state index contributed by atoms with van der Waals surface area (Å²) >= 11 is 5.87. The van der Waals surface area contributed by atoms with E-state index >= 15 is 0 Å². The van der Waals surface area contributed by atoms with Gasteiger partial charge < -0.3 is 4.52 Å². The Kier molecular flexibility index (Phi) is 1.52. The molecule has 3 heteroatoms. The third-order valence-corrected chi connectivity index (χ3v) is 2.57. The zero-order chi connectivity index (χ0) is 9.54. The minimum absolute atomic E-state index is 0.422. The normalized spacial score (nSPS) is 11.2. The highest BCUT2D eigenvalue weighted by atomic mass is 35.5. The number of fused-ring (bicyclic) bond motifs is 2. The van der Waals surface area contributed by atoms with Gasteiger partial charge in [0.15, 0.2) is 10.7 Å². The third-order valence-electron chi connectivity index (χ3n) is 2.29. The fourth-order valence-electron chi connectivity index (χ4n) is 1.59. The third kappa shape index (κ3) is 1.01. The zero-order valence-electron chi connectivity index (χ0n) is 7.20. The Morgan fingerprint density at radius 3 is 2.57 bits per heavy atom. The van der Waals surface area contributed by atoms with Crippen LogP contribution in [0.2, 0.25) is 5.15 Å². The van der Waals surface area contributed by atoms with E-state index in [-0.39, 0.29) is 0 Å². The molecule has 0 fully saturated rings. The second-order valence-corrected chi connectivity index (χ2v) is 3.53. The lowest BCUT2D eigenvalue weighted by atomic mass is 10.1. The van der Waals surface area contributed by atoms with E-state index in [0.717, 1.165) is 21.7 Å². The average molecular weight is 204 g/mol. The van der Waals surface area contributed by atoms with E-state index in [1.807, 2.05) is 36.4 Å². The van der Waals surface area contributed by atoms with Gasteiger partial charge in [-0.05, 0) is 22.9 Å². The van der Waals surface area contributed by atoms with E-state index in [0.29, 0.717) is 5.15 Å². The lowest BCUT2D eigenvalue weighted by Gasteiger charge is -1.95. The molecule has 0 aliphatic heterocycles. The monoisotopic (exact) mass is 203 g/mol. The minimum atomic E-state index is 0.422. The Bertz CT molecular complexity index is 615. The molecule has 0 atom stereocenters. The Labute approximate surface area is 85.1 Å². The highest BCUT2D eigenvalue weighted by molar-refractivity contribution is 6.34. The van der Waals surface area contributed by atoms with Crippen molar-refractivity contribution >= 4 is 33.3 Å². The van der Waals surface area contributed by atoms with Gasteiger partial charge in [-0.3, -0.25) is 0 Å². The van der Waals surface area contributed by atoms with Crippen molar-refractivity contribution in [2.24, 2.45) is 0 Å². The van der Waals surface area contributed by atoms with Gasteiger partial charge in [-0.15, -0.1) is 0 Å². The molecular weight excluding hydrogens is 198 g/mol. The van der Waals surface area contributed by atoms with Crippen LogP contribution in [-0.4, -0.2) is 5.16 Å². The molecule has 0 spiro atoms. The Morgan fingerprint density at radius 1 is 1.07 bits per heavy atom. The number of aromatic nitrogens is 1. The van der Waals surface area contributed by atoms with E-state index in [2.05, 4.69) is 5.16 Å². The molecule has 0 amide bonds. The van der Waals surface area contributed by atoms with Crippen LogP contribution < -0.4 is 0 Å². The number of nitrogens with zero attached hydrogens (tertiary/aromatic N) is 1. The standard InChI is InChI=1S/C11H6ClNO/c12-11-9-5-7-3-1-2-4-8(7)6-10(9)14-13-11/h1-6H. The number of hydrogen-bond acceptors (Lipinski definition) is 2. The fourth-order valence-corrected chi connectivity index (χ4v) is 1.78. The molecule has 68 valence electrons. The van der Waals surface area contributed by atoms with Crippen molar-refractivity contribution in [2.45, 2.75) is 0 Å². The maximum atomic E-state index is 5.87. The molecule has 0 saturated carbocycles. The van der Waals surface area contributed by atoms with Crippen molar-refractivity contribution in [1.82, 2.24) is 5.16 Å². The minimum Gasteiger partial charge on any atom is -0.355 e. The molecule has 0 unspecified atom stereocenters. The molecule has 0 radical (unpaired) electrons. The van der Waals surface area contributed by atoms with Crippen LogP contribution in [0.1, 0.15) is 0 Å². The van der Waals surface area contributed by atoms with Gasteiger partial charge in [-0.25, -0.2) is 0 Å². The molecule has 1 heterocycles. The van der Waals surface area contributed by atoms with Crippen LogP contribution in [0.25, 0.3) is 21.7 Å². The summed E-state index contributed by atoms with van der Waals surface area (Å²) in [6, 6.07) is 12.0. The molecule has 14 heavy (non-hydrogen) atoms. The zero-order valence-corrected chi connectivity index (χ0v) is 7.95. The van der Waals surface area contributed by atoms with Crippen molar-refractivity contribution in [3.63, 3.8) is 0 Å². The van der Waals surface area contributed by atoms with Gasteiger partial charge in [0.05, 0.1) is 5.39 Å². The Morgan fingerprint density at radius 2 is 1.79 bits per heavy atom. The molecule has 2 nitrogen and oxygen atoms in total. The molecule has 1 aromatic heterocycles. The maximum Gasteiger partial charge on any atom is 0.180 e. The number of rotatable bonds is 0. The number of halogens is 1. The van der Waals surface area contributed by atoms with Gasteiger partial charge in [0, 0.05) is 0 Å². The molecule has 0 N–H and O–H groups in total. The van der Waals surface area contributed by atoms with Gasteiger partial charge in [0.25, 0.3) is 0 Å². The molecule has 2 aromatic carbocycles. The Hall–Kier alpha value is -1.54. The SMILES string of the molecule is Clc1noc2cc3ccccc3cc12. The van der Waals surface area contributed by atoms with Crippen molar-refractivity contribution in [1.29, 1.82) is 0 Å². The molecule has 0 aliphatic carbocycles. The highest BCUT2D eigenvalue weighted by Gasteiger charge is 2.06. The average Bonchev–Trinajstić information content (AvgIpc) is 2.57.